The maximum atomic E-state index is 13.7. The van der Waals surface area contributed by atoms with Crippen molar-refractivity contribution in [2.75, 3.05) is 24.4 Å². The predicted molar refractivity (Wildman–Crippen MR) is 136 cm³/mol. The molecule has 0 amide bonds. The average molecular weight is 475 g/mol. The molecule has 5 rings (SSSR count). The largest absolute Gasteiger partial charge is 0.493 e. The van der Waals surface area contributed by atoms with Gasteiger partial charge in [-0.3, -0.25) is 4.79 Å². The summed E-state index contributed by atoms with van der Waals surface area (Å²) in [7, 11) is 1.64. The molecule has 2 unspecified atom stereocenters. The molecule has 0 bridgehead atoms. The van der Waals surface area contributed by atoms with Crippen LogP contribution < -0.4 is 20.1 Å². The Bertz CT molecular complexity index is 1250. The first kappa shape index (κ1) is 22.4. The highest BCUT2D eigenvalue weighted by Gasteiger charge is 2.36. The molecule has 2 N–H and O–H groups in total. The number of Topliss-reactive ketones (excluding diaryl/α,β-unsaturated/α-hetero) is 1. The zero-order valence-corrected chi connectivity index (χ0v) is 20.0. The van der Waals surface area contributed by atoms with Crippen molar-refractivity contribution in [1.29, 1.82) is 0 Å². The standard InChI is InChI=1S/C28H27ClN2O3/c1-3-34-25-13-10-18(16-26(25)33-2)19-14-23-27(24(32)15-19)28(17-8-11-20(29)12-9-17)31-22-7-5-4-6-21(22)30-23/h4-13,16,19,28,30-31H,3,14-15H2,1-2H3. The molecule has 3 aromatic carbocycles. The number of carbonyl (C=O) groups excluding carboxylic acids is 1. The van der Waals surface area contributed by atoms with E-state index in [1.165, 1.54) is 0 Å². The number of para-hydroxylation sites is 2. The SMILES string of the molecule is CCOc1ccc(C2CC(=O)C3=C(C2)Nc2ccccc2NC3c2ccc(Cl)cc2)cc1OC. The third kappa shape index (κ3) is 4.24. The van der Waals surface area contributed by atoms with Crippen molar-refractivity contribution in [1.82, 2.24) is 0 Å². The van der Waals surface area contributed by atoms with Crippen LogP contribution in [-0.4, -0.2) is 19.5 Å². The molecule has 1 heterocycles. The van der Waals surface area contributed by atoms with Crippen LogP contribution in [0.5, 0.6) is 11.5 Å². The number of ether oxygens (including phenoxy) is 2. The Labute approximate surface area is 204 Å². The third-order valence-corrected chi connectivity index (χ3v) is 6.72. The molecule has 0 aromatic heterocycles. The van der Waals surface area contributed by atoms with Gasteiger partial charge in [-0.25, -0.2) is 0 Å². The Morgan fingerprint density at radius 3 is 2.41 bits per heavy atom. The number of benzene rings is 3. The van der Waals surface area contributed by atoms with Crippen molar-refractivity contribution < 1.29 is 14.3 Å². The zero-order chi connectivity index (χ0) is 23.7. The van der Waals surface area contributed by atoms with Crippen molar-refractivity contribution in [3.05, 3.63) is 94.1 Å². The van der Waals surface area contributed by atoms with E-state index in [9.17, 15) is 4.79 Å². The van der Waals surface area contributed by atoms with Crippen molar-refractivity contribution in [2.24, 2.45) is 0 Å². The molecule has 34 heavy (non-hydrogen) atoms. The van der Waals surface area contributed by atoms with Gasteiger partial charge in [-0.05, 0) is 66.8 Å². The molecule has 0 fully saturated rings. The van der Waals surface area contributed by atoms with Gasteiger partial charge < -0.3 is 20.1 Å². The van der Waals surface area contributed by atoms with Gasteiger partial charge in [-0.2, -0.15) is 0 Å². The van der Waals surface area contributed by atoms with Gasteiger partial charge in [0, 0.05) is 22.7 Å². The molecule has 174 valence electrons. The second kappa shape index (κ2) is 9.43. The number of carbonyl (C=O) groups is 1. The number of fused-ring (bicyclic) bond motifs is 1. The fraction of sp³-hybridized carbons (Fsp3) is 0.250. The molecule has 0 spiro atoms. The Balaban J connectivity index is 1.55. The summed E-state index contributed by atoms with van der Waals surface area (Å²) in [4.78, 5) is 13.7. The third-order valence-electron chi connectivity index (χ3n) is 6.47. The monoisotopic (exact) mass is 474 g/mol. The maximum absolute atomic E-state index is 13.7. The number of halogens is 1. The lowest BCUT2D eigenvalue weighted by Gasteiger charge is -2.30. The number of allylic oxidation sites excluding steroid dienone is 1. The summed E-state index contributed by atoms with van der Waals surface area (Å²) in [5.41, 5.74) is 5.73. The van der Waals surface area contributed by atoms with E-state index in [1.807, 2.05) is 73.7 Å². The van der Waals surface area contributed by atoms with E-state index in [-0.39, 0.29) is 17.7 Å². The van der Waals surface area contributed by atoms with E-state index in [4.69, 9.17) is 21.1 Å². The maximum Gasteiger partial charge on any atom is 0.163 e. The molecule has 3 aromatic rings. The number of nitrogens with one attached hydrogen (secondary N) is 2. The van der Waals surface area contributed by atoms with Crippen LogP contribution in [0, 0.1) is 0 Å². The summed E-state index contributed by atoms with van der Waals surface area (Å²) in [5, 5.41) is 7.85. The van der Waals surface area contributed by atoms with Crippen molar-refractivity contribution in [3.63, 3.8) is 0 Å². The van der Waals surface area contributed by atoms with Gasteiger partial charge in [0.05, 0.1) is 31.1 Å². The van der Waals surface area contributed by atoms with E-state index in [2.05, 4.69) is 10.6 Å². The topological polar surface area (TPSA) is 59.6 Å². The van der Waals surface area contributed by atoms with Crippen molar-refractivity contribution >= 4 is 28.8 Å². The predicted octanol–water partition coefficient (Wildman–Crippen LogP) is 6.73. The average Bonchev–Trinajstić information content (AvgIpc) is 3.02. The van der Waals surface area contributed by atoms with E-state index in [0.717, 1.165) is 40.2 Å². The molecule has 1 aliphatic heterocycles. The lowest BCUT2D eigenvalue weighted by atomic mass is 9.78. The summed E-state index contributed by atoms with van der Waals surface area (Å²) in [6, 6.07) is 21.5. The molecule has 2 atom stereocenters. The zero-order valence-electron chi connectivity index (χ0n) is 19.2. The lowest BCUT2D eigenvalue weighted by molar-refractivity contribution is -0.116. The van der Waals surface area contributed by atoms with Crippen LogP contribution in [0.4, 0.5) is 11.4 Å². The minimum atomic E-state index is -0.258. The van der Waals surface area contributed by atoms with Gasteiger partial charge in [0.1, 0.15) is 0 Å². The summed E-state index contributed by atoms with van der Waals surface area (Å²) in [6.07, 6.45) is 1.15. The Morgan fingerprint density at radius 1 is 0.941 bits per heavy atom. The summed E-state index contributed by atoms with van der Waals surface area (Å²) >= 11 is 6.14. The van der Waals surface area contributed by atoms with Gasteiger partial charge in [-0.1, -0.05) is 41.9 Å². The minimum absolute atomic E-state index is 0.0412. The highest BCUT2D eigenvalue weighted by Crippen LogP contribution is 2.45. The van der Waals surface area contributed by atoms with Crippen molar-refractivity contribution in [3.8, 4) is 11.5 Å². The fourth-order valence-corrected chi connectivity index (χ4v) is 4.97. The van der Waals surface area contributed by atoms with Crippen LogP contribution in [0.2, 0.25) is 5.02 Å². The van der Waals surface area contributed by atoms with Crippen LogP contribution in [-0.2, 0) is 4.79 Å². The Hall–Kier alpha value is -3.44. The molecular formula is C28H27ClN2O3. The van der Waals surface area contributed by atoms with Gasteiger partial charge in [0.25, 0.3) is 0 Å². The first-order chi connectivity index (χ1) is 16.6. The summed E-state index contributed by atoms with van der Waals surface area (Å²) in [5.74, 6) is 1.57. The molecule has 1 aliphatic carbocycles. The summed E-state index contributed by atoms with van der Waals surface area (Å²) in [6.45, 7) is 2.51. The van der Waals surface area contributed by atoms with E-state index in [0.29, 0.717) is 29.5 Å². The second-order valence-corrected chi connectivity index (χ2v) is 9.00. The number of hydrogen-bond acceptors (Lipinski definition) is 5. The quantitative estimate of drug-likeness (QED) is 0.429. The van der Waals surface area contributed by atoms with Crippen LogP contribution in [0.25, 0.3) is 0 Å². The van der Waals surface area contributed by atoms with Crippen LogP contribution in [0.15, 0.2) is 78.0 Å². The molecule has 2 aliphatic rings. The van der Waals surface area contributed by atoms with E-state index >= 15 is 0 Å². The molecular weight excluding hydrogens is 448 g/mol. The number of anilines is 2. The normalized spacial score (nSPS) is 19.3. The highest BCUT2D eigenvalue weighted by atomic mass is 35.5. The van der Waals surface area contributed by atoms with Gasteiger partial charge >= 0.3 is 0 Å². The van der Waals surface area contributed by atoms with Crippen molar-refractivity contribution in [2.45, 2.75) is 31.7 Å². The van der Waals surface area contributed by atoms with Crippen LogP contribution >= 0.6 is 11.6 Å². The number of methoxy groups -OCH3 is 1. The molecule has 0 saturated carbocycles. The van der Waals surface area contributed by atoms with Gasteiger partial charge in [0.15, 0.2) is 17.3 Å². The molecule has 5 nitrogen and oxygen atoms in total. The van der Waals surface area contributed by atoms with Gasteiger partial charge in [-0.15, -0.1) is 0 Å². The Morgan fingerprint density at radius 2 is 1.68 bits per heavy atom. The smallest absolute Gasteiger partial charge is 0.163 e. The van der Waals surface area contributed by atoms with E-state index in [1.54, 1.807) is 7.11 Å². The first-order valence-electron chi connectivity index (χ1n) is 11.5. The number of hydrogen-bond donors (Lipinski definition) is 2. The first-order valence-corrected chi connectivity index (χ1v) is 11.9. The lowest BCUT2D eigenvalue weighted by Crippen LogP contribution is -2.26. The highest BCUT2D eigenvalue weighted by molar-refractivity contribution is 6.30. The number of ketones is 1. The van der Waals surface area contributed by atoms with E-state index < -0.39 is 0 Å². The Kier molecular flexibility index (Phi) is 6.20. The molecule has 0 saturated heterocycles. The molecule has 6 heteroatoms. The minimum Gasteiger partial charge on any atom is -0.493 e. The molecule has 0 radical (unpaired) electrons. The van der Waals surface area contributed by atoms with Gasteiger partial charge in [0.2, 0.25) is 0 Å². The number of rotatable bonds is 5. The van der Waals surface area contributed by atoms with Crippen LogP contribution in [0.1, 0.15) is 42.9 Å². The fourth-order valence-electron chi connectivity index (χ4n) is 4.85. The van der Waals surface area contributed by atoms with Crippen LogP contribution in [0.3, 0.4) is 0 Å². The second-order valence-electron chi connectivity index (χ2n) is 8.56. The summed E-state index contributed by atoms with van der Waals surface area (Å²) < 4.78 is 11.2.